The fourth-order valence-electron chi connectivity index (χ4n) is 5.09. The van der Waals surface area contributed by atoms with E-state index in [-0.39, 0.29) is 17.9 Å². The number of benzene rings is 2. The summed E-state index contributed by atoms with van der Waals surface area (Å²) in [5, 5.41) is 14.0. The van der Waals surface area contributed by atoms with Gasteiger partial charge < -0.3 is 20.4 Å². The molecule has 2 aromatic carbocycles. The van der Waals surface area contributed by atoms with Crippen molar-refractivity contribution >= 4 is 28.5 Å². The van der Waals surface area contributed by atoms with Crippen LogP contribution in [0.15, 0.2) is 47.1 Å². The summed E-state index contributed by atoms with van der Waals surface area (Å²) in [5.74, 6) is -0.283. The molecule has 1 aromatic heterocycles. The Kier molecular flexibility index (Phi) is 5.95. The molecule has 0 spiro atoms. The van der Waals surface area contributed by atoms with Crippen molar-refractivity contribution in [2.75, 3.05) is 37.6 Å². The molecule has 9 nitrogen and oxygen atoms in total. The summed E-state index contributed by atoms with van der Waals surface area (Å²) in [5.41, 5.74) is 3.02. The first-order valence-electron chi connectivity index (χ1n) is 11.8. The lowest BCUT2D eigenvalue weighted by Gasteiger charge is -2.46. The number of hydrogen-bond acceptors (Lipinski definition) is 7. The van der Waals surface area contributed by atoms with Gasteiger partial charge in [-0.15, -0.1) is 0 Å². The van der Waals surface area contributed by atoms with Gasteiger partial charge in [0.1, 0.15) is 16.6 Å². The Balaban J connectivity index is 1.33. The van der Waals surface area contributed by atoms with Crippen LogP contribution in [0.3, 0.4) is 0 Å². The summed E-state index contributed by atoms with van der Waals surface area (Å²) in [6.07, 6.45) is 1.11. The highest BCUT2D eigenvalue weighted by molar-refractivity contribution is 6.01. The van der Waals surface area contributed by atoms with Gasteiger partial charge in [-0.2, -0.15) is 0 Å². The average Bonchev–Trinajstić information content (AvgIpc) is 3.32. The smallest absolute Gasteiger partial charge is 0.252 e. The van der Waals surface area contributed by atoms with Gasteiger partial charge in [-0.3, -0.25) is 9.59 Å². The molecule has 2 amide bonds. The number of fused-ring (bicyclic) bond motifs is 1. The quantitative estimate of drug-likeness (QED) is 0.612. The molecule has 2 N–H and O–H groups in total. The first kappa shape index (κ1) is 22.3. The van der Waals surface area contributed by atoms with Crippen LogP contribution in [0.25, 0.3) is 11.0 Å². The Bertz CT molecular complexity index is 1200. The van der Waals surface area contributed by atoms with Crippen molar-refractivity contribution in [1.82, 2.24) is 25.8 Å². The highest BCUT2D eigenvalue weighted by atomic mass is 16.6. The number of aryl methyl sites for hydroxylation is 1. The first-order valence-corrected chi connectivity index (χ1v) is 11.8. The van der Waals surface area contributed by atoms with E-state index in [1.165, 1.54) is 11.3 Å². The van der Waals surface area contributed by atoms with Crippen molar-refractivity contribution in [2.24, 2.45) is 0 Å². The fourth-order valence-corrected chi connectivity index (χ4v) is 5.09. The molecular weight excluding hydrogens is 432 g/mol. The molecule has 0 bridgehead atoms. The van der Waals surface area contributed by atoms with Gasteiger partial charge in [-0.25, -0.2) is 4.63 Å². The van der Waals surface area contributed by atoms with E-state index < -0.39 is 5.54 Å². The summed E-state index contributed by atoms with van der Waals surface area (Å²) >= 11 is 0. The Morgan fingerprint density at radius 2 is 1.88 bits per heavy atom. The average molecular weight is 463 g/mol. The Labute approximate surface area is 198 Å². The predicted octanol–water partition coefficient (Wildman–Crippen LogP) is 2.12. The van der Waals surface area contributed by atoms with E-state index in [0.717, 1.165) is 6.54 Å². The number of anilines is 1. The number of amides is 2. The zero-order valence-electron chi connectivity index (χ0n) is 19.6. The van der Waals surface area contributed by atoms with Crippen LogP contribution in [0.4, 0.5) is 5.69 Å². The molecule has 9 heteroatoms. The number of piperidine rings is 1. The van der Waals surface area contributed by atoms with E-state index >= 15 is 0 Å². The topological polar surface area (TPSA) is 104 Å². The Hall–Kier alpha value is -3.46. The van der Waals surface area contributed by atoms with Crippen molar-refractivity contribution in [3.63, 3.8) is 0 Å². The molecule has 0 saturated carbocycles. The second kappa shape index (κ2) is 9.06. The van der Waals surface area contributed by atoms with Gasteiger partial charge >= 0.3 is 0 Å². The van der Waals surface area contributed by atoms with Crippen LogP contribution >= 0.6 is 0 Å². The predicted molar refractivity (Wildman–Crippen MR) is 129 cm³/mol. The van der Waals surface area contributed by atoms with Gasteiger partial charge in [0.15, 0.2) is 0 Å². The lowest BCUT2D eigenvalue weighted by molar-refractivity contribution is -0.140. The minimum absolute atomic E-state index is 0.00210. The van der Waals surface area contributed by atoms with Crippen LogP contribution in [0.2, 0.25) is 0 Å². The number of carbonyl (C=O) groups is 2. The molecule has 178 valence electrons. The molecule has 5 rings (SSSR count). The van der Waals surface area contributed by atoms with E-state index in [0.29, 0.717) is 55.6 Å². The molecule has 3 aromatic rings. The van der Waals surface area contributed by atoms with Gasteiger partial charge in [0.05, 0.1) is 0 Å². The number of hydrogen-bond donors (Lipinski definition) is 2. The number of nitrogens with one attached hydrogen (secondary N) is 2. The molecule has 3 heterocycles. The van der Waals surface area contributed by atoms with Crippen LogP contribution in [0, 0.1) is 6.92 Å². The monoisotopic (exact) mass is 462 g/mol. The molecule has 1 unspecified atom stereocenters. The molecule has 2 aliphatic rings. The number of piperazine rings is 1. The zero-order valence-corrected chi connectivity index (χ0v) is 19.6. The van der Waals surface area contributed by atoms with E-state index in [4.69, 9.17) is 4.63 Å². The third-order valence-corrected chi connectivity index (χ3v) is 6.98. The molecule has 2 fully saturated rings. The third-order valence-electron chi connectivity index (χ3n) is 6.98. The molecule has 34 heavy (non-hydrogen) atoms. The largest absolute Gasteiger partial charge is 0.365 e. The first-order chi connectivity index (χ1) is 16.4. The maximum absolute atomic E-state index is 13.9. The molecular formula is C25H30N6O3. The molecule has 0 radical (unpaired) electrons. The van der Waals surface area contributed by atoms with Gasteiger partial charge in [0, 0.05) is 36.9 Å². The van der Waals surface area contributed by atoms with Gasteiger partial charge in [-0.1, -0.05) is 12.1 Å². The van der Waals surface area contributed by atoms with E-state index in [1.807, 2.05) is 4.90 Å². The minimum Gasteiger partial charge on any atom is -0.365 e. The number of rotatable bonds is 4. The number of aromatic nitrogens is 2. The summed E-state index contributed by atoms with van der Waals surface area (Å²) in [6, 6.07) is 13.7. The Morgan fingerprint density at radius 1 is 1.09 bits per heavy atom. The minimum atomic E-state index is -0.926. The van der Waals surface area contributed by atoms with Crippen LogP contribution in [0.5, 0.6) is 0 Å². The normalized spacial score (nSPS) is 20.4. The van der Waals surface area contributed by atoms with E-state index in [2.05, 4.69) is 64.0 Å². The molecule has 1 atom stereocenters. The number of carbonyl (C=O) groups excluding carboxylic acids is 2. The van der Waals surface area contributed by atoms with Crippen LogP contribution in [-0.4, -0.2) is 71.3 Å². The van der Waals surface area contributed by atoms with Crippen molar-refractivity contribution in [2.45, 2.75) is 38.3 Å². The Morgan fingerprint density at radius 3 is 2.65 bits per heavy atom. The SMILES string of the molecule is Cc1cccc(N2CCN(C(=O)C3(NC(=O)c4ccc5nonc5c4)CCNCC3)CC2C)c1. The summed E-state index contributed by atoms with van der Waals surface area (Å²) in [4.78, 5) is 31.4. The standard InChI is InChI=1S/C25H30N6O3/c1-17-4-3-5-20(14-17)31-13-12-30(16-18(31)2)24(33)25(8-10-26-11-9-25)27-23(32)19-6-7-21-22(15-19)29-34-28-21/h3-7,14-15,18,26H,8-13,16H2,1-2H3,(H,27,32). The summed E-state index contributed by atoms with van der Waals surface area (Å²) in [7, 11) is 0. The van der Waals surface area contributed by atoms with Crippen molar-refractivity contribution < 1.29 is 14.2 Å². The molecule has 2 saturated heterocycles. The van der Waals surface area contributed by atoms with Crippen molar-refractivity contribution in [3.05, 3.63) is 53.6 Å². The van der Waals surface area contributed by atoms with Gasteiger partial charge in [0.25, 0.3) is 5.91 Å². The van der Waals surface area contributed by atoms with E-state index in [1.54, 1.807) is 18.2 Å². The van der Waals surface area contributed by atoms with Crippen LogP contribution < -0.4 is 15.5 Å². The highest BCUT2D eigenvalue weighted by Gasteiger charge is 2.44. The van der Waals surface area contributed by atoms with E-state index in [9.17, 15) is 9.59 Å². The number of nitrogens with zero attached hydrogens (tertiary/aromatic N) is 4. The molecule has 0 aliphatic carbocycles. The maximum Gasteiger partial charge on any atom is 0.252 e. The summed E-state index contributed by atoms with van der Waals surface area (Å²) < 4.78 is 4.74. The summed E-state index contributed by atoms with van der Waals surface area (Å²) in [6.45, 7) is 7.60. The molecule has 2 aliphatic heterocycles. The zero-order chi connectivity index (χ0) is 23.7. The lowest BCUT2D eigenvalue weighted by atomic mass is 9.85. The second-order valence-electron chi connectivity index (χ2n) is 9.39. The highest BCUT2D eigenvalue weighted by Crippen LogP contribution is 2.27. The lowest BCUT2D eigenvalue weighted by Crippen LogP contribution is -2.66. The third kappa shape index (κ3) is 4.23. The van der Waals surface area contributed by atoms with Crippen LogP contribution in [0.1, 0.15) is 35.7 Å². The van der Waals surface area contributed by atoms with Gasteiger partial charge in [-0.05, 0) is 86.0 Å². The van der Waals surface area contributed by atoms with Gasteiger partial charge in [0.2, 0.25) is 5.91 Å². The fraction of sp³-hybridized carbons (Fsp3) is 0.440. The maximum atomic E-state index is 13.9. The van der Waals surface area contributed by atoms with Crippen LogP contribution in [-0.2, 0) is 4.79 Å². The van der Waals surface area contributed by atoms with Crippen molar-refractivity contribution in [3.8, 4) is 0 Å². The second-order valence-corrected chi connectivity index (χ2v) is 9.39. The van der Waals surface area contributed by atoms with Crippen molar-refractivity contribution in [1.29, 1.82) is 0 Å².